The zero-order chi connectivity index (χ0) is 12.3. The quantitative estimate of drug-likeness (QED) is 0.472. The molecule has 0 aliphatic rings. The van der Waals surface area contributed by atoms with E-state index >= 15 is 0 Å². The fourth-order valence-corrected chi connectivity index (χ4v) is 1.01. The molecule has 0 amide bonds. The number of aromatic nitrogens is 2. The highest BCUT2D eigenvalue weighted by Gasteiger charge is 2.52. The van der Waals surface area contributed by atoms with Gasteiger partial charge in [0.15, 0.2) is 11.9 Å². The van der Waals surface area contributed by atoms with E-state index < -0.39 is 29.5 Å². The number of hydrogen-bond donors (Lipinski definition) is 4. The highest BCUT2D eigenvalue weighted by Crippen LogP contribution is 2.22. The molecule has 0 aromatic carbocycles. The molecule has 0 saturated carbocycles. The van der Waals surface area contributed by atoms with Crippen molar-refractivity contribution >= 4 is 11.9 Å². The van der Waals surface area contributed by atoms with Gasteiger partial charge in [-0.3, -0.25) is 0 Å². The lowest BCUT2D eigenvalue weighted by Crippen LogP contribution is -2.51. The van der Waals surface area contributed by atoms with E-state index in [1.807, 2.05) is 0 Å². The molecule has 8 nitrogen and oxygen atoms in total. The van der Waals surface area contributed by atoms with Crippen LogP contribution in [0.4, 0.5) is 0 Å². The van der Waals surface area contributed by atoms with E-state index in [4.69, 9.17) is 15.3 Å². The number of carboxylic acid groups (broad SMARTS) is 2. The SMILES string of the molecule is O=C(O)C(O)C(O)(C(=O)O)c1ncccn1. The smallest absolute Gasteiger partial charge is 0.347 e. The summed E-state index contributed by atoms with van der Waals surface area (Å²) in [5.74, 6) is -4.54. The number of nitrogens with zero attached hydrogens (tertiary/aromatic N) is 2. The molecule has 86 valence electrons. The Kier molecular flexibility index (Phi) is 3.16. The molecule has 8 heteroatoms. The molecular formula is C8H8N2O6. The molecule has 0 aliphatic carbocycles. The van der Waals surface area contributed by atoms with E-state index in [1.54, 1.807) is 0 Å². The lowest BCUT2D eigenvalue weighted by Gasteiger charge is -2.23. The van der Waals surface area contributed by atoms with Crippen LogP contribution in [0, 0.1) is 0 Å². The highest BCUT2D eigenvalue weighted by molar-refractivity contribution is 5.87. The third kappa shape index (κ3) is 1.83. The van der Waals surface area contributed by atoms with Crippen LogP contribution in [0.2, 0.25) is 0 Å². The Morgan fingerprint density at radius 2 is 1.75 bits per heavy atom. The monoisotopic (exact) mass is 228 g/mol. The van der Waals surface area contributed by atoms with E-state index in [0.29, 0.717) is 0 Å². The molecule has 0 aliphatic heterocycles. The Bertz CT molecular complexity index is 408. The summed E-state index contributed by atoms with van der Waals surface area (Å²) in [6.07, 6.45) is -0.331. The first-order chi connectivity index (χ1) is 7.40. The maximum atomic E-state index is 10.8. The fraction of sp³-hybridized carbons (Fsp3) is 0.250. The molecule has 16 heavy (non-hydrogen) atoms. The van der Waals surface area contributed by atoms with Crippen molar-refractivity contribution < 1.29 is 30.0 Å². The Morgan fingerprint density at radius 3 is 2.12 bits per heavy atom. The molecule has 1 heterocycles. The van der Waals surface area contributed by atoms with Crippen molar-refractivity contribution in [3.8, 4) is 0 Å². The van der Waals surface area contributed by atoms with Gasteiger partial charge in [0.2, 0.25) is 0 Å². The minimum atomic E-state index is -3.08. The Morgan fingerprint density at radius 1 is 1.25 bits per heavy atom. The first-order valence-electron chi connectivity index (χ1n) is 4.04. The summed E-state index contributed by atoms with van der Waals surface area (Å²) >= 11 is 0. The van der Waals surface area contributed by atoms with Crippen LogP contribution in [-0.4, -0.2) is 48.4 Å². The van der Waals surface area contributed by atoms with Crippen molar-refractivity contribution in [3.63, 3.8) is 0 Å². The fourth-order valence-electron chi connectivity index (χ4n) is 1.01. The summed E-state index contributed by atoms with van der Waals surface area (Å²) in [7, 11) is 0. The van der Waals surface area contributed by atoms with Gasteiger partial charge in [-0.25, -0.2) is 19.6 Å². The van der Waals surface area contributed by atoms with E-state index in [0.717, 1.165) is 12.4 Å². The van der Waals surface area contributed by atoms with Gasteiger partial charge in [-0.05, 0) is 6.07 Å². The predicted molar refractivity (Wildman–Crippen MR) is 47.2 cm³/mol. The molecule has 0 bridgehead atoms. The van der Waals surface area contributed by atoms with Crippen LogP contribution in [0.3, 0.4) is 0 Å². The van der Waals surface area contributed by atoms with Crippen molar-refractivity contribution in [2.45, 2.75) is 11.7 Å². The number of aliphatic carboxylic acids is 2. The van der Waals surface area contributed by atoms with Crippen LogP contribution in [-0.2, 0) is 15.2 Å². The molecule has 1 rings (SSSR count). The van der Waals surface area contributed by atoms with Crippen LogP contribution in [0.25, 0.3) is 0 Å². The summed E-state index contributed by atoms with van der Waals surface area (Å²) in [5, 5.41) is 36.1. The van der Waals surface area contributed by atoms with Crippen molar-refractivity contribution in [2.75, 3.05) is 0 Å². The van der Waals surface area contributed by atoms with Gasteiger partial charge in [-0.2, -0.15) is 0 Å². The van der Waals surface area contributed by atoms with Gasteiger partial charge in [0.05, 0.1) is 0 Å². The largest absolute Gasteiger partial charge is 0.479 e. The van der Waals surface area contributed by atoms with Crippen LogP contribution in [0.5, 0.6) is 0 Å². The van der Waals surface area contributed by atoms with E-state index in [2.05, 4.69) is 9.97 Å². The first-order valence-corrected chi connectivity index (χ1v) is 4.04. The topological polar surface area (TPSA) is 141 Å². The van der Waals surface area contributed by atoms with Gasteiger partial charge in [-0.1, -0.05) is 0 Å². The maximum Gasteiger partial charge on any atom is 0.347 e. The highest BCUT2D eigenvalue weighted by atomic mass is 16.4. The third-order valence-electron chi connectivity index (χ3n) is 1.86. The van der Waals surface area contributed by atoms with Crippen molar-refractivity contribution in [1.29, 1.82) is 0 Å². The van der Waals surface area contributed by atoms with Crippen molar-refractivity contribution in [2.24, 2.45) is 0 Å². The van der Waals surface area contributed by atoms with Crippen molar-refractivity contribution in [1.82, 2.24) is 9.97 Å². The normalized spacial score (nSPS) is 16.1. The molecule has 4 N–H and O–H groups in total. The minimum Gasteiger partial charge on any atom is -0.479 e. The number of rotatable bonds is 4. The minimum absolute atomic E-state index is 0.697. The molecule has 2 atom stereocenters. The molecule has 1 aromatic heterocycles. The first kappa shape index (κ1) is 12.0. The Hall–Kier alpha value is -2.06. The van der Waals surface area contributed by atoms with Crippen molar-refractivity contribution in [3.05, 3.63) is 24.3 Å². The number of aliphatic hydroxyl groups excluding tert-OH is 1. The summed E-state index contributed by atoms with van der Waals surface area (Å²) in [4.78, 5) is 28.1. The zero-order valence-electron chi connectivity index (χ0n) is 7.81. The van der Waals surface area contributed by atoms with E-state index in [9.17, 15) is 14.7 Å². The van der Waals surface area contributed by atoms with Gasteiger partial charge in [-0.15, -0.1) is 0 Å². The third-order valence-corrected chi connectivity index (χ3v) is 1.86. The summed E-state index contributed by atoms with van der Waals surface area (Å²) < 4.78 is 0. The average molecular weight is 228 g/mol. The molecule has 0 saturated heterocycles. The summed E-state index contributed by atoms with van der Waals surface area (Å²) in [6.45, 7) is 0. The van der Waals surface area contributed by atoms with E-state index in [1.165, 1.54) is 6.07 Å². The van der Waals surface area contributed by atoms with Crippen LogP contribution in [0.15, 0.2) is 18.5 Å². The Balaban J connectivity index is 3.28. The zero-order valence-corrected chi connectivity index (χ0v) is 7.81. The number of aliphatic hydroxyl groups is 2. The molecule has 0 spiro atoms. The van der Waals surface area contributed by atoms with Gasteiger partial charge in [0, 0.05) is 12.4 Å². The van der Waals surface area contributed by atoms with Crippen LogP contribution >= 0.6 is 0 Å². The molecular weight excluding hydrogens is 220 g/mol. The second-order valence-corrected chi connectivity index (χ2v) is 2.88. The summed E-state index contributed by atoms with van der Waals surface area (Å²) in [5.41, 5.74) is -3.08. The van der Waals surface area contributed by atoms with Gasteiger partial charge >= 0.3 is 11.9 Å². The van der Waals surface area contributed by atoms with Gasteiger partial charge in [0.25, 0.3) is 5.60 Å². The number of hydrogen-bond acceptors (Lipinski definition) is 6. The van der Waals surface area contributed by atoms with Crippen LogP contribution in [0.1, 0.15) is 5.82 Å². The second kappa shape index (κ2) is 4.21. The molecule has 2 unspecified atom stereocenters. The maximum absolute atomic E-state index is 10.8. The van der Waals surface area contributed by atoms with Gasteiger partial charge in [0.1, 0.15) is 0 Å². The number of carboxylic acids is 2. The van der Waals surface area contributed by atoms with E-state index in [-0.39, 0.29) is 0 Å². The molecule has 0 radical (unpaired) electrons. The Labute approximate surface area is 88.8 Å². The standard InChI is InChI=1S/C8H8N2O6/c11-4(5(12)13)8(16,7(14)15)6-9-2-1-3-10-6/h1-4,11,16H,(H,12,13)(H,14,15). The summed E-state index contributed by atoms with van der Waals surface area (Å²) in [6, 6.07) is 1.35. The average Bonchev–Trinajstić information content (AvgIpc) is 2.27. The van der Waals surface area contributed by atoms with Crippen LogP contribution < -0.4 is 0 Å². The molecule has 1 aromatic rings. The predicted octanol–water partition coefficient (Wildman–Crippen LogP) is -1.81. The lowest BCUT2D eigenvalue weighted by atomic mass is 9.95. The number of carbonyl (C=O) groups is 2. The second-order valence-electron chi connectivity index (χ2n) is 2.88. The molecule has 0 fully saturated rings. The van der Waals surface area contributed by atoms with Gasteiger partial charge < -0.3 is 20.4 Å². The lowest BCUT2D eigenvalue weighted by molar-refractivity contribution is -0.186.